The molecule has 9 heteroatoms. The molecule has 5 rings (SSSR count). The standard InChI is InChI=1S/C21H22FN5O3/c1-10-5-16(28)12-7-17(29)13(8-18(12)30-10)21-23-9-19(25-26-21)27(2)15-6-11-3-4-14(24-11)20(15)22/h5,7-9,11,14-15,20,24,29H,3-4,6H2,1-2H3/t11?,14?,15-,20+/m1/s1. The summed E-state index contributed by atoms with van der Waals surface area (Å²) in [4.78, 5) is 18.2. The second-order valence-corrected chi connectivity index (χ2v) is 8.13. The summed E-state index contributed by atoms with van der Waals surface area (Å²) in [6.07, 6.45) is 3.10. The lowest BCUT2D eigenvalue weighted by molar-refractivity contribution is 0.176. The van der Waals surface area contributed by atoms with Crippen molar-refractivity contribution >= 4 is 16.8 Å². The van der Waals surface area contributed by atoms with Gasteiger partial charge in [0.2, 0.25) is 0 Å². The molecule has 3 aromatic rings. The van der Waals surface area contributed by atoms with Gasteiger partial charge in [0.25, 0.3) is 0 Å². The first-order valence-corrected chi connectivity index (χ1v) is 10.0. The van der Waals surface area contributed by atoms with Crippen LogP contribution in [0, 0.1) is 6.92 Å². The number of phenols is 1. The van der Waals surface area contributed by atoms with Gasteiger partial charge in [0, 0.05) is 25.2 Å². The van der Waals surface area contributed by atoms with E-state index in [4.69, 9.17) is 4.42 Å². The Morgan fingerprint density at radius 1 is 1.27 bits per heavy atom. The van der Waals surface area contributed by atoms with Crippen molar-refractivity contribution in [3.8, 4) is 17.1 Å². The van der Waals surface area contributed by atoms with Crippen LogP contribution in [-0.4, -0.2) is 51.6 Å². The number of alkyl halides is 1. The summed E-state index contributed by atoms with van der Waals surface area (Å²) >= 11 is 0. The van der Waals surface area contributed by atoms with Gasteiger partial charge in [0.05, 0.1) is 23.2 Å². The average molecular weight is 411 g/mol. The van der Waals surface area contributed by atoms with Crippen LogP contribution in [0.1, 0.15) is 25.0 Å². The molecule has 0 saturated carbocycles. The summed E-state index contributed by atoms with van der Waals surface area (Å²) in [5, 5.41) is 22.3. The molecule has 2 saturated heterocycles. The Bertz CT molecular complexity index is 1170. The topological polar surface area (TPSA) is 104 Å². The van der Waals surface area contributed by atoms with Crippen molar-refractivity contribution < 1.29 is 13.9 Å². The number of aromatic hydroxyl groups is 1. The zero-order valence-electron chi connectivity index (χ0n) is 16.7. The number of rotatable bonds is 3. The first-order valence-electron chi connectivity index (χ1n) is 10.0. The Labute approximate surface area is 171 Å². The fraction of sp³-hybridized carbons (Fsp3) is 0.429. The van der Waals surface area contributed by atoms with Crippen LogP contribution in [0.15, 0.2) is 33.6 Å². The van der Waals surface area contributed by atoms with E-state index in [1.165, 1.54) is 24.4 Å². The monoisotopic (exact) mass is 411 g/mol. The number of nitrogens with one attached hydrogen (secondary N) is 1. The average Bonchev–Trinajstić information content (AvgIpc) is 3.14. The molecule has 30 heavy (non-hydrogen) atoms. The molecule has 0 aliphatic carbocycles. The number of hydrogen-bond donors (Lipinski definition) is 2. The highest BCUT2D eigenvalue weighted by molar-refractivity contribution is 5.85. The van der Waals surface area contributed by atoms with E-state index < -0.39 is 6.17 Å². The number of phenolic OH excluding ortho intramolecular Hbond substituents is 1. The van der Waals surface area contributed by atoms with E-state index in [1.54, 1.807) is 18.9 Å². The van der Waals surface area contributed by atoms with Crippen LogP contribution in [0.5, 0.6) is 5.75 Å². The van der Waals surface area contributed by atoms with Crippen LogP contribution in [0.2, 0.25) is 0 Å². The minimum absolute atomic E-state index is 0.107. The molecule has 2 fully saturated rings. The van der Waals surface area contributed by atoms with E-state index in [9.17, 15) is 14.3 Å². The maximum Gasteiger partial charge on any atom is 0.193 e. The maximum absolute atomic E-state index is 14.8. The third-order valence-corrected chi connectivity index (χ3v) is 6.17. The van der Waals surface area contributed by atoms with E-state index in [0.717, 1.165) is 12.8 Å². The van der Waals surface area contributed by atoms with E-state index in [2.05, 4.69) is 20.5 Å². The number of halogens is 1. The second kappa shape index (κ2) is 7.02. The van der Waals surface area contributed by atoms with Crippen molar-refractivity contribution in [2.24, 2.45) is 0 Å². The SMILES string of the molecule is Cc1cc(=O)c2cc(O)c(-c3ncc(N(C)[C@@H]4CC5CCC(N5)[C@@H]4F)nn3)cc2o1. The van der Waals surface area contributed by atoms with Crippen LogP contribution in [-0.2, 0) is 0 Å². The molecular weight excluding hydrogens is 389 g/mol. The van der Waals surface area contributed by atoms with Gasteiger partial charge in [-0.2, -0.15) is 0 Å². The smallest absolute Gasteiger partial charge is 0.193 e. The van der Waals surface area contributed by atoms with Gasteiger partial charge < -0.3 is 19.7 Å². The summed E-state index contributed by atoms with van der Waals surface area (Å²) in [5.74, 6) is 0.991. The highest BCUT2D eigenvalue weighted by Crippen LogP contribution is 2.34. The maximum atomic E-state index is 14.8. The molecule has 0 spiro atoms. The predicted molar refractivity (Wildman–Crippen MR) is 109 cm³/mol. The normalized spacial score (nSPS) is 25.6. The van der Waals surface area contributed by atoms with E-state index >= 15 is 0 Å². The largest absolute Gasteiger partial charge is 0.507 e. The molecule has 2 N–H and O–H groups in total. The summed E-state index contributed by atoms with van der Waals surface area (Å²) in [6.45, 7) is 1.68. The van der Waals surface area contributed by atoms with Crippen molar-refractivity contribution in [2.45, 2.75) is 50.5 Å². The number of piperidine rings is 1. The highest BCUT2D eigenvalue weighted by Gasteiger charge is 2.43. The Morgan fingerprint density at radius 2 is 2.10 bits per heavy atom. The number of anilines is 1. The molecule has 2 aliphatic rings. The molecular formula is C21H22FN5O3. The van der Waals surface area contributed by atoms with Crippen LogP contribution in [0.4, 0.5) is 10.2 Å². The second-order valence-electron chi connectivity index (χ2n) is 8.13. The molecule has 2 aromatic heterocycles. The van der Waals surface area contributed by atoms with Crippen molar-refractivity contribution in [1.82, 2.24) is 20.5 Å². The number of hydrogen-bond acceptors (Lipinski definition) is 8. The number of benzene rings is 1. The minimum atomic E-state index is -0.981. The Hall–Kier alpha value is -3.07. The van der Waals surface area contributed by atoms with Gasteiger partial charge in [-0.1, -0.05) is 0 Å². The molecule has 2 bridgehead atoms. The minimum Gasteiger partial charge on any atom is -0.507 e. The summed E-state index contributed by atoms with van der Waals surface area (Å²) < 4.78 is 20.4. The summed E-state index contributed by atoms with van der Waals surface area (Å²) in [7, 11) is 1.80. The zero-order valence-corrected chi connectivity index (χ0v) is 16.7. The summed E-state index contributed by atoms with van der Waals surface area (Å²) in [5.41, 5.74) is 0.410. The highest BCUT2D eigenvalue weighted by atomic mass is 19.1. The third-order valence-electron chi connectivity index (χ3n) is 6.17. The van der Waals surface area contributed by atoms with Crippen LogP contribution in [0.25, 0.3) is 22.4 Å². The van der Waals surface area contributed by atoms with Crippen molar-refractivity contribution in [1.29, 1.82) is 0 Å². The number of aryl methyl sites for hydroxylation is 1. The van der Waals surface area contributed by atoms with E-state index in [0.29, 0.717) is 35.2 Å². The Kier molecular flexibility index (Phi) is 4.43. The van der Waals surface area contributed by atoms with Crippen LogP contribution in [0.3, 0.4) is 0 Å². The van der Waals surface area contributed by atoms with Crippen LogP contribution < -0.4 is 15.6 Å². The lowest BCUT2D eigenvalue weighted by atomic mass is 9.96. The Morgan fingerprint density at radius 3 is 2.87 bits per heavy atom. The Balaban J connectivity index is 1.45. The van der Waals surface area contributed by atoms with Gasteiger partial charge in [-0.15, -0.1) is 10.2 Å². The lowest BCUT2D eigenvalue weighted by Crippen LogP contribution is -2.55. The fourth-order valence-corrected chi connectivity index (χ4v) is 4.56. The van der Waals surface area contributed by atoms with Gasteiger partial charge in [0.1, 0.15) is 23.3 Å². The van der Waals surface area contributed by atoms with Gasteiger partial charge in [-0.05, 0) is 38.3 Å². The molecule has 156 valence electrons. The van der Waals surface area contributed by atoms with E-state index in [-0.39, 0.29) is 34.5 Å². The quantitative estimate of drug-likeness (QED) is 0.677. The van der Waals surface area contributed by atoms with Gasteiger partial charge in [0.15, 0.2) is 17.1 Å². The zero-order chi connectivity index (χ0) is 21.0. The van der Waals surface area contributed by atoms with E-state index in [1.807, 2.05) is 0 Å². The van der Waals surface area contributed by atoms with Gasteiger partial charge in [-0.25, -0.2) is 9.37 Å². The molecule has 8 nitrogen and oxygen atoms in total. The number of fused-ring (bicyclic) bond motifs is 3. The van der Waals surface area contributed by atoms with Crippen molar-refractivity contribution in [3.63, 3.8) is 0 Å². The van der Waals surface area contributed by atoms with Gasteiger partial charge in [-0.3, -0.25) is 4.79 Å². The predicted octanol–water partition coefficient (Wildman–Crippen LogP) is 2.33. The third kappa shape index (κ3) is 3.09. The molecule has 0 radical (unpaired) electrons. The number of nitrogens with zero attached hydrogens (tertiary/aromatic N) is 4. The van der Waals surface area contributed by atoms with Gasteiger partial charge >= 0.3 is 0 Å². The fourth-order valence-electron chi connectivity index (χ4n) is 4.56. The molecule has 2 aliphatic heterocycles. The molecule has 4 atom stereocenters. The molecule has 1 aromatic carbocycles. The molecule has 4 heterocycles. The molecule has 0 amide bonds. The summed E-state index contributed by atoms with van der Waals surface area (Å²) in [6, 6.07) is 4.19. The van der Waals surface area contributed by atoms with Crippen molar-refractivity contribution in [2.75, 3.05) is 11.9 Å². The lowest BCUT2D eigenvalue weighted by Gasteiger charge is -2.38. The first kappa shape index (κ1) is 18.9. The van der Waals surface area contributed by atoms with Crippen molar-refractivity contribution in [3.05, 3.63) is 40.4 Å². The van der Waals surface area contributed by atoms with Crippen LogP contribution >= 0.6 is 0 Å². The number of aromatic nitrogens is 3. The molecule has 2 unspecified atom stereocenters. The first-order chi connectivity index (χ1) is 14.4.